The van der Waals surface area contributed by atoms with Crippen LogP contribution in [0.3, 0.4) is 0 Å². The number of nitrogens with zero attached hydrogens (tertiary/aromatic N) is 3. The lowest BCUT2D eigenvalue weighted by molar-refractivity contribution is 0.427. The van der Waals surface area contributed by atoms with Crippen LogP contribution in [0.5, 0.6) is 0 Å². The van der Waals surface area contributed by atoms with E-state index in [4.69, 9.17) is 28.5 Å². The SMILES string of the molecule is C1CN=C2CCCN2C1.N#Cc1c(Cl)cccc1Cl. The van der Waals surface area contributed by atoms with Gasteiger partial charge in [-0.3, -0.25) is 4.99 Å². The number of aliphatic imine (C=N–C) groups is 1. The molecule has 3 rings (SSSR count). The summed E-state index contributed by atoms with van der Waals surface area (Å²) >= 11 is 11.2. The van der Waals surface area contributed by atoms with Gasteiger partial charge in [-0.15, -0.1) is 0 Å². The first-order valence-electron chi connectivity index (χ1n) is 6.35. The molecule has 0 unspecified atom stereocenters. The van der Waals surface area contributed by atoms with E-state index in [1.165, 1.54) is 38.2 Å². The molecule has 100 valence electrons. The van der Waals surface area contributed by atoms with Crippen molar-refractivity contribution in [3.8, 4) is 6.07 Å². The van der Waals surface area contributed by atoms with Crippen molar-refractivity contribution < 1.29 is 0 Å². The summed E-state index contributed by atoms with van der Waals surface area (Å²) in [6.07, 6.45) is 3.84. The smallest absolute Gasteiger partial charge is 0.102 e. The van der Waals surface area contributed by atoms with Gasteiger partial charge < -0.3 is 4.90 Å². The van der Waals surface area contributed by atoms with E-state index in [2.05, 4.69) is 9.89 Å². The highest BCUT2D eigenvalue weighted by Gasteiger charge is 2.19. The molecule has 1 fully saturated rings. The van der Waals surface area contributed by atoms with E-state index in [0.29, 0.717) is 15.6 Å². The molecule has 0 N–H and O–H groups in total. The maximum Gasteiger partial charge on any atom is 0.102 e. The van der Waals surface area contributed by atoms with Crippen molar-refractivity contribution >= 4 is 29.0 Å². The fourth-order valence-corrected chi connectivity index (χ4v) is 2.69. The van der Waals surface area contributed by atoms with Gasteiger partial charge >= 0.3 is 0 Å². The Morgan fingerprint density at radius 2 is 1.84 bits per heavy atom. The molecule has 0 saturated carbocycles. The van der Waals surface area contributed by atoms with E-state index in [1.54, 1.807) is 18.2 Å². The molecular formula is C14H15Cl2N3. The van der Waals surface area contributed by atoms with E-state index >= 15 is 0 Å². The van der Waals surface area contributed by atoms with Crippen LogP contribution in [0.25, 0.3) is 0 Å². The zero-order chi connectivity index (χ0) is 13.7. The van der Waals surface area contributed by atoms with Gasteiger partial charge in [0.25, 0.3) is 0 Å². The Bertz CT molecular complexity index is 500. The van der Waals surface area contributed by atoms with Crippen molar-refractivity contribution in [2.75, 3.05) is 19.6 Å². The molecule has 0 amide bonds. The van der Waals surface area contributed by atoms with Crippen LogP contribution in [0.15, 0.2) is 23.2 Å². The third kappa shape index (κ3) is 3.62. The monoisotopic (exact) mass is 295 g/mol. The van der Waals surface area contributed by atoms with Gasteiger partial charge in [-0.25, -0.2) is 0 Å². The standard InChI is InChI=1S/C7H3Cl2N.C7H12N2/c8-6-2-1-3-7(9)5(6)4-10;1-3-7-8-4-2-6-9(7)5-1/h1-3H;1-6H2. The third-order valence-corrected chi connectivity index (χ3v) is 3.78. The van der Waals surface area contributed by atoms with Gasteiger partial charge in [-0.1, -0.05) is 29.3 Å². The summed E-state index contributed by atoms with van der Waals surface area (Å²) in [5, 5.41) is 9.28. The summed E-state index contributed by atoms with van der Waals surface area (Å²) < 4.78 is 0. The molecule has 1 aromatic rings. The van der Waals surface area contributed by atoms with Crippen molar-refractivity contribution in [1.82, 2.24) is 4.90 Å². The predicted octanol–water partition coefficient (Wildman–Crippen LogP) is 3.75. The van der Waals surface area contributed by atoms with Gasteiger partial charge in [0.15, 0.2) is 0 Å². The second kappa shape index (κ2) is 6.79. The van der Waals surface area contributed by atoms with Crippen LogP contribution in [-0.4, -0.2) is 30.4 Å². The van der Waals surface area contributed by atoms with E-state index in [9.17, 15) is 0 Å². The number of benzene rings is 1. The number of rotatable bonds is 0. The van der Waals surface area contributed by atoms with E-state index < -0.39 is 0 Å². The van der Waals surface area contributed by atoms with Gasteiger partial charge in [0, 0.05) is 26.1 Å². The molecule has 2 aliphatic rings. The van der Waals surface area contributed by atoms with E-state index in [1.807, 2.05) is 6.07 Å². The number of nitriles is 1. The lowest BCUT2D eigenvalue weighted by Gasteiger charge is -2.21. The first kappa shape index (κ1) is 14.2. The van der Waals surface area contributed by atoms with Gasteiger partial charge in [0.2, 0.25) is 0 Å². The molecule has 0 bridgehead atoms. The molecule has 0 spiro atoms. The van der Waals surface area contributed by atoms with Crippen LogP contribution < -0.4 is 0 Å². The summed E-state index contributed by atoms with van der Waals surface area (Å²) in [4.78, 5) is 6.85. The highest BCUT2D eigenvalue weighted by molar-refractivity contribution is 6.36. The third-order valence-electron chi connectivity index (χ3n) is 3.15. The summed E-state index contributed by atoms with van der Waals surface area (Å²) in [6, 6.07) is 6.86. The van der Waals surface area contributed by atoms with Gasteiger partial charge in [-0.2, -0.15) is 5.26 Å². The average molecular weight is 296 g/mol. The largest absolute Gasteiger partial charge is 0.360 e. The summed E-state index contributed by atoms with van der Waals surface area (Å²) in [5.41, 5.74) is 0.339. The van der Waals surface area contributed by atoms with Gasteiger partial charge in [0.05, 0.1) is 21.4 Å². The lowest BCUT2D eigenvalue weighted by atomic mass is 10.2. The molecule has 0 aromatic heterocycles. The van der Waals surface area contributed by atoms with Crippen LogP contribution in [0, 0.1) is 11.3 Å². The Kier molecular flexibility index (Phi) is 5.07. The van der Waals surface area contributed by atoms with Crippen LogP contribution in [0.4, 0.5) is 0 Å². The second-order valence-electron chi connectivity index (χ2n) is 4.45. The Morgan fingerprint density at radius 1 is 1.16 bits per heavy atom. The Labute approximate surface area is 123 Å². The molecule has 1 aromatic carbocycles. The molecule has 1 saturated heterocycles. The summed E-state index contributed by atoms with van der Waals surface area (Å²) in [5.74, 6) is 1.38. The van der Waals surface area contributed by atoms with Crippen molar-refractivity contribution in [1.29, 1.82) is 5.26 Å². The molecule has 19 heavy (non-hydrogen) atoms. The Hall–Kier alpha value is -1.24. The fraction of sp³-hybridized carbons (Fsp3) is 0.429. The molecular weight excluding hydrogens is 281 g/mol. The maximum atomic E-state index is 8.48. The number of amidine groups is 1. The second-order valence-corrected chi connectivity index (χ2v) is 5.26. The minimum Gasteiger partial charge on any atom is -0.360 e. The van der Waals surface area contributed by atoms with Crippen LogP contribution in [-0.2, 0) is 0 Å². The fourth-order valence-electron chi connectivity index (χ4n) is 2.21. The van der Waals surface area contributed by atoms with E-state index in [0.717, 1.165) is 6.54 Å². The molecule has 2 heterocycles. The normalized spacial score (nSPS) is 16.9. The molecule has 3 nitrogen and oxygen atoms in total. The van der Waals surface area contributed by atoms with Gasteiger partial charge in [0.1, 0.15) is 6.07 Å². The number of halogens is 2. The first-order valence-corrected chi connectivity index (χ1v) is 7.10. The molecule has 2 aliphatic heterocycles. The predicted molar refractivity (Wildman–Crippen MR) is 78.9 cm³/mol. The molecule has 0 aliphatic carbocycles. The maximum absolute atomic E-state index is 8.48. The summed E-state index contributed by atoms with van der Waals surface area (Å²) in [7, 11) is 0. The van der Waals surface area contributed by atoms with Crippen LogP contribution >= 0.6 is 23.2 Å². The molecule has 5 heteroatoms. The highest BCUT2D eigenvalue weighted by Crippen LogP contribution is 2.22. The molecule has 0 radical (unpaired) electrons. The minimum absolute atomic E-state index is 0.339. The zero-order valence-corrected chi connectivity index (χ0v) is 12.1. The minimum atomic E-state index is 0.339. The van der Waals surface area contributed by atoms with Crippen molar-refractivity contribution in [2.45, 2.75) is 19.3 Å². The summed E-state index contributed by atoms with van der Waals surface area (Å²) in [6.45, 7) is 3.60. The van der Waals surface area contributed by atoms with Crippen LogP contribution in [0.2, 0.25) is 10.0 Å². The first-order chi connectivity index (χ1) is 9.22. The van der Waals surface area contributed by atoms with Crippen LogP contribution in [0.1, 0.15) is 24.8 Å². The highest BCUT2D eigenvalue weighted by atomic mass is 35.5. The van der Waals surface area contributed by atoms with Crippen molar-refractivity contribution in [3.05, 3.63) is 33.8 Å². The van der Waals surface area contributed by atoms with E-state index in [-0.39, 0.29) is 0 Å². The Balaban J connectivity index is 0.000000141. The zero-order valence-electron chi connectivity index (χ0n) is 10.6. The lowest BCUT2D eigenvalue weighted by Crippen LogP contribution is -2.29. The number of hydrogen-bond donors (Lipinski definition) is 0. The topological polar surface area (TPSA) is 39.4 Å². The van der Waals surface area contributed by atoms with Crippen molar-refractivity contribution in [2.24, 2.45) is 4.99 Å². The Morgan fingerprint density at radius 3 is 2.42 bits per heavy atom. The quantitative estimate of drug-likeness (QED) is 0.731. The van der Waals surface area contributed by atoms with Gasteiger partial charge in [-0.05, 0) is 25.0 Å². The van der Waals surface area contributed by atoms with Crippen molar-refractivity contribution in [3.63, 3.8) is 0 Å². The number of fused-ring (bicyclic) bond motifs is 1. The number of hydrogen-bond acceptors (Lipinski definition) is 3. The average Bonchev–Trinajstić information content (AvgIpc) is 2.88. The molecule has 0 atom stereocenters.